The minimum absolute atomic E-state index is 0.114. The highest BCUT2D eigenvalue weighted by Gasteiger charge is 2.38. The van der Waals surface area contributed by atoms with Crippen LogP contribution in [0.3, 0.4) is 0 Å². The number of hydrogen-bond acceptors (Lipinski definition) is 5. The summed E-state index contributed by atoms with van der Waals surface area (Å²) in [6, 6.07) is 12.6. The molecule has 0 radical (unpaired) electrons. The summed E-state index contributed by atoms with van der Waals surface area (Å²) in [5.41, 5.74) is 5.88. The molecule has 1 saturated carbocycles. The highest BCUT2D eigenvalue weighted by atomic mass is 19.4. The van der Waals surface area contributed by atoms with Gasteiger partial charge in [-0.05, 0) is 67.1 Å². The normalized spacial score (nSPS) is 16.5. The van der Waals surface area contributed by atoms with Crippen molar-refractivity contribution in [3.8, 4) is 0 Å². The molecule has 3 aromatic rings. The smallest absolute Gasteiger partial charge is 0.475 e. The Morgan fingerprint density at radius 1 is 1.06 bits per heavy atom. The molecule has 5 rings (SSSR count). The first-order chi connectivity index (χ1) is 16.6. The number of carbonyl (C=O) groups excluding carboxylic acids is 1. The third-order valence-corrected chi connectivity index (χ3v) is 6.51. The monoisotopic (exact) mass is 489 g/mol. The molecule has 1 amide bonds. The van der Waals surface area contributed by atoms with E-state index in [1.165, 1.54) is 30.4 Å². The van der Waals surface area contributed by atoms with Gasteiger partial charge < -0.3 is 10.4 Å². The van der Waals surface area contributed by atoms with Gasteiger partial charge in [0.2, 0.25) is 0 Å². The van der Waals surface area contributed by atoms with Crippen LogP contribution >= 0.6 is 0 Å². The number of anilines is 1. The lowest BCUT2D eigenvalue weighted by Crippen LogP contribution is -2.41. The molecular weight excluding hydrogens is 463 g/mol. The van der Waals surface area contributed by atoms with Gasteiger partial charge in [-0.15, -0.1) is 5.10 Å². The van der Waals surface area contributed by atoms with Crippen molar-refractivity contribution < 1.29 is 27.9 Å². The van der Waals surface area contributed by atoms with E-state index in [0.29, 0.717) is 5.56 Å². The maximum atomic E-state index is 12.7. The largest absolute Gasteiger partial charge is 0.490 e. The molecule has 1 aliphatic heterocycles. The standard InChI is InChI=1S/C22H25N5O.C2HF3O2/c1-26-21-8-6-17(14-20(21)24-25-26)22(28)23-18-7-5-15-9-11-27(19-3-2-4-19)12-10-16(15)13-18;3-2(4,5)1(6)7/h5-8,13-14,19H,2-4,9-12H2,1H3,(H,23,28);(H,6,7). The number of nitrogens with zero attached hydrogens (tertiary/aromatic N) is 4. The van der Waals surface area contributed by atoms with Gasteiger partial charge in [0.1, 0.15) is 5.52 Å². The van der Waals surface area contributed by atoms with Gasteiger partial charge in [-0.1, -0.05) is 17.7 Å². The Balaban J connectivity index is 0.000000364. The van der Waals surface area contributed by atoms with Gasteiger partial charge in [0.25, 0.3) is 5.91 Å². The number of nitrogens with one attached hydrogen (secondary N) is 1. The molecule has 1 aromatic heterocycles. The van der Waals surface area contributed by atoms with E-state index in [1.807, 2.05) is 25.2 Å². The van der Waals surface area contributed by atoms with Crippen molar-refractivity contribution in [1.29, 1.82) is 0 Å². The van der Waals surface area contributed by atoms with Gasteiger partial charge in [0.05, 0.1) is 5.52 Å². The SMILES string of the molecule is Cn1nnc2cc(C(=O)Nc3ccc4c(c3)CCN(C3CCC3)CC4)ccc21.O=C(O)C(F)(F)F. The van der Waals surface area contributed by atoms with Crippen molar-refractivity contribution in [2.24, 2.45) is 7.05 Å². The number of amides is 1. The second kappa shape index (κ2) is 10.0. The fourth-order valence-electron chi connectivity index (χ4n) is 4.32. The summed E-state index contributed by atoms with van der Waals surface area (Å²) in [6.45, 7) is 2.28. The molecule has 0 unspecified atom stereocenters. The van der Waals surface area contributed by atoms with Crippen LogP contribution in [0.2, 0.25) is 0 Å². The highest BCUT2D eigenvalue weighted by Crippen LogP contribution is 2.28. The van der Waals surface area contributed by atoms with Crippen LogP contribution in [0.5, 0.6) is 0 Å². The number of carbonyl (C=O) groups is 2. The first-order valence-electron chi connectivity index (χ1n) is 11.4. The molecule has 0 bridgehead atoms. The van der Waals surface area contributed by atoms with Crippen LogP contribution in [0.1, 0.15) is 40.7 Å². The van der Waals surface area contributed by atoms with Crippen LogP contribution in [0, 0.1) is 0 Å². The quantitative estimate of drug-likeness (QED) is 0.581. The molecule has 2 aliphatic rings. The Labute approximate surface area is 199 Å². The number of aliphatic carboxylic acids is 1. The number of carboxylic acids is 1. The van der Waals surface area contributed by atoms with Crippen LogP contribution < -0.4 is 5.32 Å². The minimum Gasteiger partial charge on any atom is -0.475 e. The van der Waals surface area contributed by atoms with E-state index in [9.17, 15) is 18.0 Å². The molecule has 0 spiro atoms. The minimum atomic E-state index is -5.08. The predicted molar refractivity (Wildman–Crippen MR) is 123 cm³/mol. The fraction of sp³-hybridized carbons (Fsp3) is 0.417. The van der Waals surface area contributed by atoms with Crippen LogP contribution in [0.25, 0.3) is 11.0 Å². The van der Waals surface area contributed by atoms with Gasteiger partial charge in [-0.3, -0.25) is 9.69 Å². The van der Waals surface area contributed by atoms with Crippen LogP contribution in [0.4, 0.5) is 18.9 Å². The zero-order chi connectivity index (χ0) is 25.2. The Bertz CT molecular complexity index is 1240. The number of alkyl halides is 3. The van der Waals surface area contributed by atoms with Gasteiger partial charge in [-0.2, -0.15) is 13.2 Å². The van der Waals surface area contributed by atoms with Gasteiger partial charge in [-0.25, -0.2) is 9.48 Å². The summed E-state index contributed by atoms with van der Waals surface area (Å²) >= 11 is 0. The lowest BCUT2D eigenvalue weighted by molar-refractivity contribution is -0.192. The Hall–Kier alpha value is -3.47. The van der Waals surface area contributed by atoms with E-state index >= 15 is 0 Å². The molecule has 186 valence electrons. The van der Waals surface area contributed by atoms with E-state index in [2.05, 4.69) is 32.7 Å². The van der Waals surface area contributed by atoms with E-state index in [4.69, 9.17) is 9.90 Å². The third-order valence-electron chi connectivity index (χ3n) is 6.51. The Morgan fingerprint density at radius 2 is 1.74 bits per heavy atom. The van der Waals surface area contributed by atoms with Crippen molar-refractivity contribution in [3.63, 3.8) is 0 Å². The average molecular weight is 489 g/mol. The molecule has 8 nitrogen and oxygen atoms in total. The molecule has 1 fully saturated rings. The molecule has 2 heterocycles. The molecule has 0 atom stereocenters. The molecule has 11 heteroatoms. The molecule has 0 saturated heterocycles. The lowest BCUT2D eigenvalue weighted by atomic mass is 9.91. The predicted octanol–water partition coefficient (Wildman–Crippen LogP) is 3.81. The second-order valence-electron chi connectivity index (χ2n) is 8.78. The highest BCUT2D eigenvalue weighted by molar-refractivity contribution is 6.05. The molecular formula is C24H26F3N5O3. The third kappa shape index (κ3) is 5.79. The average Bonchev–Trinajstić information content (AvgIpc) is 3.02. The number of aryl methyl sites for hydroxylation is 1. The van der Waals surface area contributed by atoms with E-state index < -0.39 is 12.1 Å². The second-order valence-corrected chi connectivity index (χ2v) is 8.78. The van der Waals surface area contributed by atoms with Crippen molar-refractivity contribution in [2.75, 3.05) is 18.4 Å². The van der Waals surface area contributed by atoms with E-state index in [1.54, 1.807) is 10.7 Å². The summed E-state index contributed by atoms with van der Waals surface area (Å²) in [5.74, 6) is -2.87. The Kier molecular flexibility index (Phi) is 7.06. The summed E-state index contributed by atoms with van der Waals surface area (Å²) in [7, 11) is 1.84. The van der Waals surface area contributed by atoms with Crippen molar-refractivity contribution in [2.45, 2.75) is 44.3 Å². The number of benzene rings is 2. The summed E-state index contributed by atoms with van der Waals surface area (Å²) in [4.78, 5) is 24.3. The molecule has 2 aromatic carbocycles. The van der Waals surface area contributed by atoms with Gasteiger partial charge in [0.15, 0.2) is 0 Å². The fourth-order valence-corrected chi connectivity index (χ4v) is 4.32. The Morgan fingerprint density at radius 3 is 2.37 bits per heavy atom. The zero-order valence-corrected chi connectivity index (χ0v) is 19.2. The number of carboxylic acid groups (broad SMARTS) is 1. The lowest BCUT2D eigenvalue weighted by Gasteiger charge is -2.36. The van der Waals surface area contributed by atoms with Gasteiger partial charge >= 0.3 is 12.1 Å². The molecule has 1 aliphatic carbocycles. The molecule has 2 N–H and O–H groups in total. The first-order valence-corrected chi connectivity index (χ1v) is 11.4. The number of rotatable bonds is 3. The summed E-state index contributed by atoms with van der Waals surface area (Å²) < 4.78 is 33.4. The van der Waals surface area contributed by atoms with Crippen molar-refractivity contribution in [3.05, 3.63) is 53.1 Å². The first kappa shape index (κ1) is 24.6. The van der Waals surface area contributed by atoms with Crippen molar-refractivity contribution >= 4 is 28.6 Å². The topological polar surface area (TPSA) is 100 Å². The van der Waals surface area contributed by atoms with Crippen LogP contribution in [-0.4, -0.2) is 62.2 Å². The van der Waals surface area contributed by atoms with E-state index in [0.717, 1.165) is 48.7 Å². The number of halogens is 3. The maximum absolute atomic E-state index is 12.7. The van der Waals surface area contributed by atoms with Crippen LogP contribution in [0.15, 0.2) is 36.4 Å². The molecule has 35 heavy (non-hydrogen) atoms. The zero-order valence-electron chi connectivity index (χ0n) is 19.2. The summed E-state index contributed by atoms with van der Waals surface area (Å²) in [6.07, 6.45) is 1.16. The number of aromatic nitrogens is 3. The van der Waals surface area contributed by atoms with Gasteiger partial charge in [0, 0.05) is 37.4 Å². The van der Waals surface area contributed by atoms with Crippen LogP contribution in [-0.2, 0) is 24.7 Å². The van der Waals surface area contributed by atoms with Crippen molar-refractivity contribution in [1.82, 2.24) is 19.9 Å². The number of hydrogen-bond donors (Lipinski definition) is 2. The number of fused-ring (bicyclic) bond motifs is 2. The maximum Gasteiger partial charge on any atom is 0.490 e. The summed E-state index contributed by atoms with van der Waals surface area (Å²) in [5, 5.41) is 18.3. The van der Waals surface area contributed by atoms with E-state index in [-0.39, 0.29) is 5.91 Å².